The lowest BCUT2D eigenvalue weighted by atomic mass is 9.89. The van der Waals surface area contributed by atoms with Gasteiger partial charge in [-0.15, -0.1) is 0 Å². The molecule has 2 fully saturated rings. The molecule has 4 rings (SSSR count). The van der Waals surface area contributed by atoms with E-state index < -0.39 is 0 Å². The van der Waals surface area contributed by atoms with Crippen LogP contribution in [0.15, 0.2) is 54.6 Å². The number of likely N-dealkylation sites (tertiary alicyclic amines) is 2. The molecule has 2 saturated heterocycles. The number of amides is 1. The maximum absolute atomic E-state index is 12.3. The van der Waals surface area contributed by atoms with Gasteiger partial charge in [0.15, 0.2) is 0 Å². The number of benzene rings is 2. The Balaban J connectivity index is 1.50. The van der Waals surface area contributed by atoms with E-state index in [1.807, 2.05) is 24.3 Å². The van der Waals surface area contributed by atoms with Gasteiger partial charge in [-0.25, -0.2) is 0 Å². The van der Waals surface area contributed by atoms with Crippen molar-refractivity contribution in [1.29, 1.82) is 0 Å². The molecule has 5 nitrogen and oxygen atoms in total. The average Bonchev–Trinajstić information content (AvgIpc) is 3.25. The van der Waals surface area contributed by atoms with Crippen LogP contribution in [-0.2, 0) is 11.3 Å². The van der Waals surface area contributed by atoms with Crippen LogP contribution in [0.4, 0.5) is 0 Å². The molecule has 0 unspecified atom stereocenters. The van der Waals surface area contributed by atoms with E-state index in [0.717, 1.165) is 37.5 Å². The number of fused-ring (bicyclic) bond motifs is 1. The highest BCUT2D eigenvalue weighted by Crippen LogP contribution is 2.45. The van der Waals surface area contributed by atoms with Crippen LogP contribution in [0.5, 0.6) is 5.75 Å². The van der Waals surface area contributed by atoms with E-state index >= 15 is 0 Å². The summed E-state index contributed by atoms with van der Waals surface area (Å²) in [7, 11) is 0. The number of hydrogen-bond acceptors (Lipinski definition) is 4. The van der Waals surface area contributed by atoms with Crippen LogP contribution >= 0.6 is 0 Å². The fourth-order valence-corrected chi connectivity index (χ4v) is 4.84. The van der Waals surface area contributed by atoms with Crippen molar-refractivity contribution in [2.45, 2.75) is 19.5 Å². The molecule has 1 amide bonds. The third kappa shape index (κ3) is 3.77. The largest absolute Gasteiger partial charge is 0.491 e. The molecular weight excluding hydrogens is 352 g/mol. The Kier molecular flexibility index (Phi) is 5.64. The predicted molar refractivity (Wildman–Crippen MR) is 108 cm³/mol. The van der Waals surface area contributed by atoms with Gasteiger partial charge >= 0.3 is 0 Å². The molecule has 0 aliphatic carbocycles. The second-order valence-electron chi connectivity index (χ2n) is 7.82. The summed E-state index contributed by atoms with van der Waals surface area (Å²) in [6.45, 7) is 5.64. The smallest absolute Gasteiger partial charge is 0.219 e. The minimum absolute atomic E-state index is 0.0157. The van der Waals surface area contributed by atoms with Crippen molar-refractivity contribution >= 4 is 5.91 Å². The predicted octanol–water partition coefficient (Wildman–Crippen LogP) is 2.71. The maximum Gasteiger partial charge on any atom is 0.219 e. The minimum Gasteiger partial charge on any atom is -0.491 e. The Bertz CT molecular complexity index is 811. The van der Waals surface area contributed by atoms with Gasteiger partial charge in [-0.2, -0.15) is 0 Å². The van der Waals surface area contributed by atoms with Crippen LogP contribution in [0, 0.1) is 11.8 Å². The molecule has 2 aliphatic rings. The molecule has 28 heavy (non-hydrogen) atoms. The SMILES string of the molecule is CC(=O)N1C[C@H]2CN(Cc3ccccc3OCCO)C[C@H]2[C@@H]1c1ccccc1. The van der Waals surface area contributed by atoms with Crippen molar-refractivity contribution in [3.8, 4) is 5.75 Å². The zero-order valence-electron chi connectivity index (χ0n) is 16.3. The fourth-order valence-electron chi connectivity index (χ4n) is 4.84. The van der Waals surface area contributed by atoms with E-state index in [4.69, 9.17) is 9.84 Å². The van der Waals surface area contributed by atoms with E-state index in [0.29, 0.717) is 18.4 Å². The second kappa shape index (κ2) is 8.33. The number of ether oxygens (including phenoxy) is 1. The topological polar surface area (TPSA) is 53.0 Å². The summed E-state index contributed by atoms with van der Waals surface area (Å²) in [6.07, 6.45) is 0. The van der Waals surface area contributed by atoms with E-state index in [-0.39, 0.29) is 18.6 Å². The van der Waals surface area contributed by atoms with Crippen molar-refractivity contribution in [3.05, 3.63) is 65.7 Å². The summed E-state index contributed by atoms with van der Waals surface area (Å²) in [5.74, 6) is 1.97. The Morgan fingerprint density at radius 3 is 2.57 bits per heavy atom. The first-order valence-corrected chi connectivity index (χ1v) is 10.0. The lowest BCUT2D eigenvalue weighted by Gasteiger charge is -2.29. The van der Waals surface area contributed by atoms with Gasteiger partial charge in [-0.05, 0) is 17.5 Å². The number of hydrogen-bond donors (Lipinski definition) is 1. The van der Waals surface area contributed by atoms with Gasteiger partial charge in [-0.1, -0.05) is 48.5 Å². The molecular formula is C23H28N2O3. The van der Waals surface area contributed by atoms with Crippen LogP contribution in [0.25, 0.3) is 0 Å². The Labute approximate surface area is 166 Å². The molecule has 0 saturated carbocycles. The number of nitrogens with zero attached hydrogens (tertiary/aromatic N) is 2. The first-order valence-electron chi connectivity index (χ1n) is 10.0. The monoisotopic (exact) mass is 380 g/mol. The number of aliphatic hydroxyl groups excluding tert-OH is 1. The lowest BCUT2D eigenvalue weighted by molar-refractivity contribution is -0.130. The number of carbonyl (C=O) groups excluding carboxylic acids is 1. The van der Waals surface area contributed by atoms with Gasteiger partial charge in [0, 0.05) is 44.6 Å². The van der Waals surface area contributed by atoms with Gasteiger partial charge in [0.25, 0.3) is 0 Å². The Morgan fingerprint density at radius 1 is 1.07 bits per heavy atom. The fraction of sp³-hybridized carbons (Fsp3) is 0.435. The second-order valence-corrected chi connectivity index (χ2v) is 7.82. The molecule has 2 aliphatic heterocycles. The summed E-state index contributed by atoms with van der Waals surface area (Å²) >= 11 is 0. The van der Waals surface area contributed by atoms with Crippen molar-refractivity contribution in [2.24, 2.45) is 11.8 Å². The third-order valence-electron chi connectivity index (χ3n) is 6.00. The van der Waals surface area contributed by atoms with E-state index in [1.165, 1.54) is 5.56 Å². The van der Waals surface area contributed by atoms with Crippen molar-refractivity contribution in [2.75, 3.05) is 32.8 Å². The summed E-state index contributed by atoms with van der Waals surface area (Å²) in [5.41, 5.74) is 2.38. The van der Waals surface area contributed by atoms with Crippen molar-refractivity contribution < 1.29 is 14.6 Å². The van der Waals surface area contributed by atoms with Crippen LogP contribution in [0.3, 0.4) is 0 Å². The molecule has 148 valence electrons. The highest BCUT2D eigenvalue weighted by Gasteiger charge is 2.48. The van der Waals surface area contributed by atoms with Crippen molar-refractivity contribution in [1.82, 2.24) is 9.80 Å². The van der Waals surface area contributed by atoms with E-state index in [2.05, 4.69) is 40.1 Å². The Hall–Kier alpha value is -2.37. The highest BCUT2D eigenvalue weighted by molar-refractivity contribution is 5.74. The zero-order valence-corrected chi connectivity index (χ0v) is 16.3. The molecule has 1 N–H and O–H groups in total. The van der Waals surface area contributed by atoms with Crippen LogP contribution < -0.4 is 4.74 Å². The standard InChI is InChI=1S/C23H28N2O3/c1-17(27)25-15-20-14-24(13-19-9-5-6-10-22(19)28-12-11-26)16-21(20)23(25)18-7-3-2-4-8-18/h2-10,20-21,23,26H,11-16H2,1H3/t20-,21-,23+/m1/s1. The first kappa shape index (κ1) is 19.0. The molecule has 0 radical (unpaired) electrons. The average molecular weight is 380 g/mol. The molecule has 0 bridgehead atoms. The van der Waals surface area contributed by atoms with E-state index in [9.17, 15) is 4.79 Å². The van der Waals surface area contributed by atoms with E-state index in [1.54, 1.807) is 6.92 Å². The Morgan fingerprint density at radius 2 is 1.82 bits per heavy atom. The van der Waals surface area contributed by atoms with Gasteiger partial charge in [0.2, 0.25) is 5.91 Å². The van der Waals surface area contributed by atoms with Crippen LogP contribution in [0.1, 0.15) is 24.1 Å². The van der Waals surface area contributed by atoms with Gasteiger partial charge in [0.1, 0.15) is 12.4 Å². The molecule has 3 atom stereocenters. The van der Waals surface area contributed by atoms with Crippen molar-refractivity contribution in [3.63, 3.8) is 0 Å². The maximum atomic E-state index is 12.3. The molecule has 5 heteroatoms. The molecule has 2 aromatic carbocycles. The summed E-state index contributed by atoms with van der Waals surface area (Å²) in [5, 5.41) is 9.05. The summed E-state index contributed by atoms with van der Waals surface area (Å²) in [6, 6.07) is 18.6. The summed E-state index contributed by atoms with van der Waals surface area (Å²) < 4.78 is 5.70. The number of aliphatic hydroxyl groups is 1. The van der Waals surface area contributed by atoms with Crippen LogP contribution in [-0.4, -0.2) is 53.7 Å². The first-order chi connectivity index (χ1) is 13.7. The molecule has 2 aromatic rings. The molecule has 2 heterocycles. The molecule has 0 aromatic heterocycles. The number of rotatable bonds is 6. The molecule has 0 spiro atoms. The quantitative estimate of drug-likeness (QED) is 0.837. The zero-order chi connectivity index (χ0) is 19.5. The highest BCUT2D eigenvalue weighted by atomic mass is 16.5. The minimum atomic E-state index is 0.0157. The number of para-hydroxylation sites is 1. The lowest BCUT2D eigenvalue weighted by Crippen LogP contribution is -2.34. The van der Waals surface area contributed by atoms with Gasteiger partial charge < -0.3 is 14.7 Å². The third-order valence-corrected chi connectivity index (χ3v) is 6.00. The summed E-state index contributed by atoms with van der Waals surface area (Å²) in [4.78, 5) is 16.8. The van der Waals surface area contributed by atoms with Gasteiger partial charge in [0.05, 0.1) is 12.6 Å². The number of carbonyl (C=O) groups is 1. The van der Waals surface area contributed by atoms with Crippen LogP contribution in [0.2, 0.25) is 0 Å². The van der Waals surface area contributed by atoms with Gasteiger partial charge in [-0.3, -0.25) is 9.69 Å². The normalized spacial score (nSPS) is 24.4.